The number of benzene rings is 1. The van der Waals surface area contributed by atoms with E-state index in [0.717, 1.165) is 0 Å². The maximum absolute atomic E-state index is 9.17. The Morgan fingerprint density at radius 3 is 2.38 bits per heavy atom. The maximum Gasteiger partial charge on any atom is 0.153 e. The lowest BCUT2D eigenvalue weighted by Gasteiger charge is -2.01. The van der Waals surface area contributed by atoms with Crippen molar-refractivity contribution in [2.75, 3.05) is 0 Å². The minimum atomic E-state index is -0.340. The minimum Gasteiger partial charge on any atom is -0.457 e. The molecule has 116 valence electrons. The van der Waals surface area contributed by atoms with Crippen LogP contribution in [0.3, 0.4) is 0 Å². The lowest BCUT2D eigenvalue weighted by Crippen LogP contribution is -2.03. The Balaban J connectivity index is 2.46. The highest BCUT2D eigenvalue weighted by molar-refractivity contribution is 6.35. The highest BCUT2D eigenvalue weighted by Gasteiger charge is 2.12. The summed E-state index contributed by atoms with van der Waals surface area (Å²) in [6.07, 6.45) is 1.34. The fourth-order valence-corrected chi connectivity index (χ4v) is 2.24. The monoisotopic (exact) mass is 354 g/mol. The van der Waals surface area contributed by atoms with Crippen molar-refractivity contribution in [2.24, 2.45) is 5.73 Å². The van der Waals surface area contributed by atoms with Crippen LogP contribution in [0.2, 0.25) is 10.0 Å². The maximum atomic E-state index is 9.17. The molecule has 2 N–H and O–H groups in total. The first-order valence-corrected chi connectivity index (χ1v) is 7.23. The van der Waals surface area contributed by atoms with Crippen LogP contribution in [0.15, 0.2) is 51.6 Å². The third kappa shape index (κ3) is 3.59. The summed E-state index contributed by atoms with van der Waals surface area (Å²) in [5, 5.41) is 27.8. The van der Waals surface area contributed by atoms with Gasteiger partial charge in [-0.05, 0) is 30.3 Å². The predicted molar refractivity (Wildman–Crippen MR) is 90.2 cm³/mol. The zero-order valence-electron chi connectivity index (χ0n) is 12.0. The second kappa shape index (κ2) is 7.40. The summed E-state index contributed by atoms with van der Waals surface area (Å²) in [4.78, 5) is 0. The Morgan fingerprint density at radius 1 is 1.04 bits per heavy atom. The molecule has 0 aliphatic carbocycles. The van der Waals surface area contributed by atoms with E-state index in [1.807, 2.05) is 6.07 Å². The average molecular weight is 355 g/mol. The quantitative estimate of drug-likeness (QED) is 0.647. The highest BCUT2D eigenvalue weighted by Crippen LogP contribution is 2.32. The van der Waals surface area contributed by atoms with Gasteiger partial charge in [0.15, 0.2) is 5.57 Å². The van der Waals surface area contributed by atoms with Crippen molar-refractivity contribution in [1.29, 1.82) is 15.8 Å². The topological polar surface area (TPSA) is 111 Å². The van der Waals surface area contributed by atoms with Crippen LogP contribution < -0.4 is 5.73 Å². The first-order valence-electron chi connectivity index (χ1n) is 6.47. The fourth-order valence-electron chi connectivity index (χ4n) is 1.85. The normalized spacial score (nSPS) is 10.4. The zero-order valence-corrected chi connectivity index (χ0v) is 13.6. The molecule has 0 aliphatic heterocycles. The van der Waals surface area contributed by atoms with Crippen LogP contribution in [0.1, 0.15) is 5.76 Å². The van der Waals surface area contributed by atoms with Gasteiger partial charge in [0.25, 0.3) is 0 Å². The Kier molecular flexibility index (Phi) is 5.30. The van der Waals surface area contributed by atoms with Crippen molar-refractivity contribution < 1.29 is 4.42 Å². The largest absolute Gasteiger partial charge is 0.457 e. The smallest absolute Gasteiger partial charge is 0.153 e. The lowest BCUT2D eigenvalue weighted by molar-refractivity contribution is 0.571. The van der Waals surface area contributed by atoms with Gasteiger partial charge >= 0.3 is 0 Å². The van der Waals surface area contributed by atoms with Crippen LogP contribution in [0.4, 0.5) is 0 Å². The molecule has 5 nitrogen and oxygen atoms in total. The standard InChI is InChI=1S/C17H8Cl2N4O/c18-12-1-3-15(19)14(6-12)16-4-2-13(24-16)5-10(7-20)17(23)11(8-21)9-22/h1-6H,23H2/b10-5+. The van der Waals surface area contributed by atoms with E-state index in [-0.39, 0.29) is 16.8 Å². The van der Waals surface area contributed by atoms with Crippen LogP contribution >= 0.6 is 23.2 Å². The SMILES string of the molecule is N#CC(C#N)=C(N)/C(C#N)=C/c1ccc(-c2cc(Cl)ccc2Cl)o1. The molecule has 0 saturated carbocycles. The van der Waals surface area contributed by atoms with Crippen molar-refractivity contribution in [3.63, 3.8) is 0 Å². The van der Waals surface area contributed by atoms with Crippen LogP contribution in [0.25, 0.3) is 17.4 Å². The van der Waals surface area contributed by atoms with E-state index in [4.69, 9.17) is 43.9 Å². The number of hydrogen-bond donors (Lipinski definition) is 1. The van der Waals surface area contributed by atoms with E-state index in [0.29, 0.717) is 27.1 Å². The van der Waals surface area contributed by atoms with E-state index >= 15 is 0 Å². The number of nitriles is 3. The molecule has 0 saturated heterocycles. The Hall–Kier alpha value is -3.17. The van der Waals surface area contributed by atoms with Crippen molar-refractivity contribution >= 4 is 29.3 Å². The summed E-state index contributed by atoms with van der Waals surface area (Å²) in [7, 11) is 0. The van der Waals surface area contributed by atoms with Crippen molar-refractivity contribution in [1.82, 2.24) is 0 Å². The number of furan rings is 1. The van der Waals surface area contributed by atoms with Gasteiger partial charge in [0.2, 0.25) is 0 Å². The predicted octanol–water partition coefficient (Wildman–Crippen LogP) is 4.42. The van der Waals surface area contributed by atoms with Gasteiger partial charge in [0.05, 0.1) is 16.3 Å². The molecule has 0 amide bonds. The van der Waals surface area contributed by atoms with Crippen LogP contribution in [-0.4, -0.2) is 0 Å². The summed E-state index contributed by atoms with van der Waals surface area (Å²) in [5.41, 5.74) is 5.67. The average Bonchev–Trinajstić information content (AvgIpc) is 3.04. The number of rotatable bonds is 3. The molecule has 0 fully saturated rings. The molecule has 24 heavy (non-hydrogen) atoms. The minimum absolute atomic E-state index is 0.0498. The molecule has 0 atom stereocenters. The summed E-state index contributed by atoms with van der Waals surface area (Å²) < 4.78 is 5.62. The Labute approximate surface area is 148 Å². The zero-order chi connectivity index (χ0) is 17.7. The molecule has 2 aromatic rings. The molecule has 0 spiro atoms. The third-order valence-corrected chi connectivity index (χ3v) is 3.58. The van der Waals surface area contributed by atoms with Gasteiger partial charge in [0.1, 0.15) is 29.7 Å². The summed E-state index contributed by atoms with van der Waals surface area (Å²) in [6.45, 7) is 0. The second-order valence-corrected chi connectivity index (χ2v) is 5.35. The van der Waals surface area contributed by atoms with Gasteiger partial charge in [-0.25, -0.2) is 0 Å². The van der Waals surface area contributed by atoms with Gasteiger partial charge in [-0.15, -0.1) is 0 Å². The summed E-state index contributed by atoms with van der Waals surface area (Å²) in [6, 6.07) is 13.3. The van der Waals surface area contributed by atoms with Crippen molar-refractivity contribution in [3.8, 4) is 29.5 Å². The number of halogens is 2. The molecule has 1 heterocycles. The number of nitrogens with two attached hydrogens (primary N) is 1. The summed E-state index contributed by atoms with van der Waals surface area (Å²) >= 11 is 12.1. The van der Waals surface area contributed by atoms with E-state index in [9.17, 15) is 5.26 Å². The molecular weight excluding hydrogens is 347 g/mol. The molecule has 0 unspecified atom stereocenters. The molecule has 1 aromatic carbocycles. The summed E-state index contributed by atoms with van der Waals surface area (Å²) in [5.74, 6) is 0.769. The first kappa shape index (κ1) is 17.2. The second-order valence-electron chi connectivity index (χ2n) is 4.51. The van der Waals surface area contributed by atoms with E-state index in [1.165, 1.54) is 6.08 Å². The molecule has 2 rings (SSSR count). The van der Waals surface area contributed by atoms with Gasteiger partial charge < -0.3 is 10.2 Å². The van der Waals surface area contributed by atoms with E-state index in [2.05, 4.69) is 0 Å². The fraction of sp³-hybridized carbons (Fsp3) is 0. The molecular formula is C17H8Cl2N4O. The first-order chi connectivity index (χ1) is 11.5. The van der Waals surface area contributed by atoms with Gasteiger partial charge in [-0.3, -0.25) is 0 Å². The van der Waals surface area contributed by atoms with Gasteiger partial charge in [0, 0.05) is 16.7 Å². The molecule has 7 heteroatoms. The van der Waals surface area contributed by atoms with Gasteiger partial charge in [-0.1, -0.05) is 23.2 Å². The number of allylic oxidation sites excluding steroid dienone is 2. The van der Waals surface area contributed by atoms with E-state index < -0.39 is 0 Å². The van der Waals surface area contributed by atoms with Crippen LogP contribution in [0.5, 0.6) is 0 Å². The molecule has 0 bridgehead atoms. The van der Waals surface area contributed by atoms with Crippen LogP contribution in [0, 0.1) is 34.0 Å². The number of nitrogens with zero attached hydrogens (tertiary/aromatic N) is 3. The third-order valence-electron chi connectivity index (χ3n) is 3.01. The highest BCUT2D eigenvalue weighted by atomic mass is 35.5. The van der Waals surface area contributed by atoms with Gasteiger partial charge in [-0.2, -0.15) is 15.8 Å². The van der Waals surface area contributed by atoms with E-state index in [1.54, 1.807) is 42.5 Å². The van der Waals surface area contributed by atoms with Crippen molar-refractivity contribution in [3.05, 3.63) is 63.0 Å². The number of hydrogen-bond acceptors (Lipinski definition) is 5. The Bertz CT molecular complexity index is 965. The van der Waals surface area contributed by atoms with Crippen molar-refractivity contribution in [2.45, 2.75) is 0 Å². The lowest BCUT2D eigenvalue weighted by atomic mass is 10.1. The molecule has 0 radical (unpaired) electrons. The van der Waals surface area contributed by atoms with Crippen LogP contribution in [-0.2, 0) is 0 Å². The Morgan fingerprint density at radius 2 is 1.75 bits per heavy atom. The molecule has 0 aliphatic rings. The molecule has 1 aromatic heterocycles.